The van der Waals surface area contributed by atoms with Crippen LogP contribution in [0.1, 0.15) is 37.8 Å². The van der Waals surface area contributed by atoms with E-state index in [4.69, 9.17) is 10.5 Å². The van der Waals surface area contributed by atoms with Crippen molar-refractivity contribution in [2.75, 3.05) is 62.0 Å². The summed E-state index contributed by atoms with van der Waals surface area (Å²) >= 11 is 0. The van der Waals surface area contributed by atoms with Crippen molar-refractivity contribution in [1.82, 2.24) is 20.1 Å². The number of fused-ring (bicyclic) bond motifs is 2. The minimum absolute atomic E-state index is 0.171. The van der Waals surface area contributed by atoms with Gasteiger partial charge in [-0.1, -0.05) is 18.1 Å². The summed E-state index contributed by atoms with van der Waals surface area (Å²) in [5, 5.41) is 29.5. The van der Waals surface area contributed by atoms with E-state index < -0.39 is 5.60 Å². The maximum atomic E-state index is 10.7. The van der Waals surface area contributed by atoms with Gasteiger partial charge in [0.2, 0.25) is 0 Å². The molecular weight excluding hydrogens is 530 g/mol. The zero-order chi connectivity index (χ0) is 29.1. The lowest BCUT2D eigenvalue weighted by Crippen LogP contribution is -2.54. The standard InChI is InChI=1S/C32H39N7O3/c1-42-22-32(41)12-5-16-37(17-13-32)15-4-6-23-18-24(11-14-34-23)39-25-9-10-26(39)21-38(20-25)29-19-28(35-36-31(29)33)27-7-2-3-8-30(27)40/h2-3,7-8,11,14,18-19,25-26,40-41H,5,9-10,12-13,15-17,20-22H2,1H3,(H2,33,36). The molecule has 0 saturated carbocycles. The van der Waals surface area contributed by atoms with Crippen LogP contribution in [0.3, 0.4) is 0 Å². The number of pyridine rings is 1. The Bertz CT molecular complexity index is 1460. The van der Waals surface area contributed by atoms with Gasteiger partial charge < -0.3 is 30.5 Å². The van der Waals surface area contributed by atoms with Crippen LogP contribution >= 0.6 is 0 Å². The molecule has 2 aromatic heterocycles. The van der Waals surface area contributed by atoms with Crippen LogP contribution < -0.4 is 15.5 Å². The van der Waals surface area contributed by atoms with E-state index in [1.807, 2.05) is 24.4 Å². The first-order valence-electron chi connectivity index (χ1n) is 14.8. The molecule has 0 aliphatic carbocycles. The van der Waals surface area contributed by atoms with Gasteiger partial charge in [0.15, 0.2) is 5.82 Å². The third-order valence-electron chi connectivity index (χ3n) is 8.79. The van der Waals surface area contributed by atoms with Crippen molar-refractivity contribution in [2.24, 2.45) is 0 Å². The monoisotopic (exact) mass is 569 g/mol. The highest BCUT2D eigenvalue weighted by molar-refractivity contribution is 5.74. The number of aliphatic hydroxyl groups is 1. The molecule has 0 radical (unpaired) electrons. The summed E-state index contributed by atoms with van der Waals surface area (Å²) < 4.78 is 5.22. The Hall–Kier alpha value is -3.91. The zero-order valence-electron chi connectivity index (χ0n) is 24.1. The molecule has 220 valence electrons. The molecule has 4 N–H and O–H groups in total. The van der Waals surface area contributed by atoms with Gasteiger partial charge in [-0.3, -0.25) is 4.90 Å². The zero-order valence-corrected chi connectivity index (χ0v) is 24.1. The number of aromatic nitrogens is 3. The number of piperazine rings is 1. The Balaban J connectivity index is 1.13. The fourth-order valence-electron chi connectivity index (χ4n) is 6.68. The molecule has 3 aliphatic heterocycles. The highest BCUT2D eigenvalue weighted by Gasteiger charge is 2.41. The number of rotatable bonds is 6. The smallest absolute Gasteiger partial charge is 0.169 e. The van der Waals surface area contributed by atoms with Crippen LogP contribution in [0.5, 0.6) is 5.75 Å². The molecule has 6 rings (SSSR count). The summed E-state index contributed by atoms with van der Waals surface area (Å²) in [6.07, 6.45) is 6.43. The second-order valence-electron chi connectivity index (χ2n) is 11.7. The maximum Gasteiger partial charge on any atom is 0.169 e. The number of para-hydroxylation sites is 1. The van der Waals surface area contributed by atoms with Gasteiger partial charge in [-0.25, -0.2) is 4.98 Å². The minimum Gasteiger partial charge on any atom is -0.507 e. The van der Waals surface area contributed by atoms with Crippen LogP contribution in [0.2, 0.25) is 0 Å². The summed E-state index contributed by atoms with van der Waals surface area (Å²) in [7, 11) is 1.64. The van der Waals surface area contributed by atoms with Gasteiger partial charge in [-0.05, 0) is 74.9 Å². The first kappa shape index (κ1) is 28.2. The Morgan fingerprint density at radius 3 is 2.67 bits per heavy atom. The molecule has 3 fully saturated rings. The van der Waals surface area contributed by atoms with E-state index in [0.717, 1.165) is 68.9 Å². The topological polar surface area (TPSA) is 124 Å². The number of hydrogen-bond donors (Lipinski definition) is 3. The highest BCUT2D eigenvalue weighted by Crippen LogP contribution is 2.39. The fraction of sp³-hybridized carbons (Fsp3) is 0.469. The molecule has 0 spiro atoms. The van der Waals surface area contributed by atoms with Gasteiger partial charge in [0.25, 0.3) is 0 Å². The van der Waals surface area contributed by atoms with Crippen molar-refractivity contribution in [2.45, 2.75) is 49.8 Å². The average molecular weight is 570 g/mol. The summed E-state index contributed by atoms with van der Waals surface area (Å²) in [5.74, 6) is 7.16. The summed E-state index contributed by atoms with van der Waals surface area (Å²) in [4.78, 5) is 11.7. The van der Waals surface area contributed by atoms with E-state index in [1.165, 1.54) is 0 Å². The lowest BCUT2D eigenvalue weighted by molar-refractivity contribution is -0.0406. The van der Waals surface area contributed by atoms with Crippen molar-refractivity contribution in [3.05, 3.63) is 54.4 Å². The third kappa shape index (κ3) is 6.00. The molecule has 3 aliphatic rings. The molecule has 42 heavy (non-hydrogen) atoms. The molecule has 10 nitrogen and oxygen atoms in total. The number of nitrogen functional groups attached to an aromatic ring is 1. The largest absolute Gasteiger partial charge is 0.507 e. The van der Waals surface area contributed by atoms with Crippen LogP contribution in [0.4, 0.5) is 17.2 Å². The maximum absolute atomic E-state index is 10.7. The molecule has 2 bridgehead atoms. The van der Waals surface area contributed by atoms with Gasteiger partial charge >= 0.3 is 0 Å². The molecule has 1 aromatic carbocycles. The molecule has 3 aromatic rings. The lowest BCUT2D eigenvalue weighted by Gasteiger charge is -2.43. The number of nitrogens with zero attached hydrogens (tertiary/aromatic N) is 6. The van der Waals surface area contributed by atoms with Crippen LogP contribution in [0, 0.1) is 11.8 Å². The lowest BCUT2D eigenvalue weighted by atomic mass is 9.96. The summed E-state index contributed by atoms with van der Waals surface area (Å²) in [6, 6.07) is 13.9. The van der Waals surface area contributed by atoms with E-state index in [0.29, 0.717) is 48.7 Å². The van der Waals surface area contributed by atoms with Crippen molar-refractivity contribution < 1.29 is 14.9 Å². The van der Waals surface area contributed by atoms with Crippen molar-refractivity contribution >= 4 is 17.2 Å². The van der Waals surface area contributed by atoms with E-state index in [9.17, 15) is 10.2 Å². The van der Waals surface area contributed by atoms with Crippen LogP contribution in [-0.4, -0.2) is 94.4 Å². The summed E-state index contributed by atoms with van der Waals surface area (Å²) in [5.41, 5.74) is 9.61. The van der Waals surface area contributed by atoms with Crippen molar-refractivity contribution in [3.8, 4) is 28.8 Å². The normalized spacial score (nSPS) is 24.2. The number of hydrogen-bond acceptors (Lipinski definition) is 10. The Morgan fingerprint density at radius 2 is 1.88 bits per heavy atom. The summed E-state index contributed by atoms with van der Waals surface area (Å²) in [6.45, 7) is 4.41. The number of aromatic hydroxyl groups is 1. The SMILES string of the molecule is COCC1(O)CCCN(CC#Cc2cc(N3C4CCC3CN(c3cc(-c5ccccc5O)nnc3N)C4)ccn2)CC1. The van der Waals surface area contributed by atoms with Gasteiger partial charge in [0.1, 0.15) is 11.4 Å². The van der Waals surface area contributed by atoms with Gasteiger partial charge in [0.05, 0.1) is 30.1 Å². The predicted octanol–water partition coefficient (Wildman–Crippen LogP) is 2.90. The number of phenols is 1. The van der Waals surface area contributed by atoms with Crippen LogP contribution in [-0.2, 0) is 4.74 Å². The van der Waals surface area contributed by atoms with Gasteiger partial charge in [-0.2, -0.15) is 0 Å². The van der Waals surface area contributed by atoms with Crippen LogP contribution in [0.15, 0.2) is 48.7 Å². The number of benzene rings is 1. The minimum atomic E-state index is -0.733. The number of likely N-dealkylation sites (tertiary alicyclic amines) is 1. The van der Waals surface area contributed by atoms with Crippen LogP contribution in [0.25, 0.3) is 11.3 Å². The van der Waals surface area contributed by atoms with E-state index >= 15 is 0 Å². The molecule has 5 heterocycles. The first-order chi connectivity index (χ1) is 20.4. The Labute approximate surface area is 247 Å². The Morgan fingerprint density at radius 1 is 1.07 bits per heavy atom. The highest BCUT2D eigenvalue weighted by atomic mass is 16.5. The molecule has 3 unspecified atom stereocenters. The van der Waals surface area contributed by atoms with Crippen molar-refractivity contribution in [3.63, 3.8) is 0 Å². The number of anilines is 3. The predicted molar refractivity (Wildman–Crippen MR) is 163 cm³/mol. The number of methoxy groups -OCH3 is 1. The average Bonchev–Trinajstić information content (AvgIpc) is 3.12. The molecule has 3 saturated heterocycles. The van der Waals surface area contributed by atoms with E-state index in [-0.39, 0.29) is 5.75 Å². The number of nitrogens with two attached hydrogens (primary N) is 1. The van der Waals surface area contributed by atoms with Gasteiger partial charge in [-0.15, -0.1) is 10.2 Å². The number of phenolic OH excluding ortho intramolecular Hbond substituents is 1. The van der Waals surface area contributed by atoms with E-state index in [2.05, 4.69) is 53.9 Å². The van der Waals surface area contributed by atoms with Gasteiger partial charge in [0, 0.05) is 56.3 Å². The van der Waals surface area contributed by atoms with E-state index in [1.54, 1.807) is 19.2 Å². The molecular formula is C32H39N7O3. The first-order valence-corrected chi connectivity index (χ1v) is 14.8. The second-order valence-corrected chi connectivity index (χ2v) is 11.7. The fourth-order valence-corrected chi connectivity index (χ4v) is 6.68. The molecule has 0 amide bonds. The van der Waals surface area contributed by atoms with Crippen molar-refractivity contribution in [1.29, 1.82) is 0 Å². The molecule has 10 heteroatoms. The second kappa shape index (κ2) is 12.1. The Kier molecular flexibility index (Phi) is 8.16. The molecule has 3 atom stereocenters. The third-order valence-corrected chi connectivity index (χ3v) is 8.79. The quantitative estimate of drug-likeness (QED) is 0.382. The number of ether oxygens (including phenoxy) is 1.